The predicted molar refractivity (Wildman–Crippen MR) is 99.4 cm³/mol. The highest BCUT2D eigenvalue weighted by Crippen LogP contribution is 2.28. The molecule has 6 heteroatoms. The van der Waals surface area contributed by atoms with Crippen LogP contribution in [0.5, 0.6) is 0 Å². The maximum Gasteiger partial charge on any atom is 0.271 e. The third-order valence-corrected chi connectivity index (χ3v) is 4.04. The Kier molecular flexibility index (Phi) is 4.30. The van der Waals surface area contributed by atoms with Gasteiger partial charge in [-0.3, -0.25) is 9.78 Å². The number of carbonyl (C=O) groups is 1. The number of rotatable bonds is 4. The molecule has 130 valence electrons. The van der Waals surface area contributed by atoms with Gasteiger partial charge < -0.3 is 16.0 Å². The van der Waals surface area contributed by atoms with Crippen LogP contribution in [0.15, 0.2) is 30.6 Å². The van der Waals surface area contributed by atoms with Crippen LogP contribution in [0, 0.1) is 13.8 Å². The van der Waals surface area contributed by atoms with Gasteiger partial charge in [-0.2, -0.15) is 0 Å². The summed E-state index contributed by atoms with van der Waals surface area (Å²) in [6, 6.07) is 6.25. The fourth-order valence-corrected chi connectivity index (χ4v) is 2.69. The highest BCUT2D eigenvalue weighted by atomic mass is 16.1. The maximum atomic E-state index is 12.3. The number of hydrogen-bond acceptors (Lipinski definition) is 4. The number of H-pyrrole nitrogens is 1. The van der Waals surface area contributed by atoms with Crippen molar-refractivity contribution >= 4 is 16.8 Å². The Hall–Kier alpha value is -2.73. The van der Waals surface area contributed by atoms with Gasteiger partial charge in [-0.1, -0.05) is 11.6 Å². The quantitative estimate of drug-likeness (QED) is 0.682. The number of benzene rings is 1. The zero-order valence-corrected chi connectivity index (χ0v) is 15.0. The van der Waals surface area contributed by atoms with Crippen molar-refractivity contribution in [3.8, 4) is 11.4 Å². The van der Waals surface area contributed by atoms with Crippen molar-refractivity contribution in [3.05, 3.63) is 47.4 Å². The molecule has 0 aliphatic carbocycles. The number of amides is 1. The van der Waals surface area contributed by atoms with E-state index < -0.39 is 5.54 Å². The van der Waals surface area contributed by atoms with E-state index in [0.717, 1.165) is 22.2 Å². The van der Waals surface area contributed by atoms with Crippen molar-refractivity contribution in [2.45, 2.75) is 33.2 Å². The van der Waals surface area contributed by atoms with Crippen molar-refractivity contribution in [2.75, 3.05) is 6.54 Å². The number of carbonyl (C=O) groups excluding carboxylic acids is 1. The molecule has 4 N–H and O–H groups in total. The summed E-state index contributed by atoms with van der Waals surface area (Å²) in [6.07, 6.45) is 3.12. The zero-order chi connectivity index (χ0) is 18.2. The van der Waals surface area contributed by atoms with Crippen LogP contribution in [0.1, 0.15) is 35.5 Å². The molecule has 0 saturated carbocycles. The first kappa shape index (κ1) is 17.1. The van der Waals surface area contributed by atoms with Gasteiger partial charge in [0.15, 0.2) is 0 Å². The number of aromatic amines is 1. The molecule has 3 aromatic rings. The van der Waals surface area contributed by atoms with E-state index in [9.17, 15) is 4.79 Å². The van der Waals surface area contributed by atoms with E-state index in [2.05, 4.69) is 45.4 Å². The standard InChI is InChI=1S/C19H23N5O/c1-11-5-6-14-13(7-11)12(2)17(24-14)15-8-21-9-16(23-15)18(25)22-10-19(3,4)20/h5-9,24H,10,20H2,1-4H3,(H,22,25). The van der Waals surface area contributed by atoms with Gasteiger partial charge in [0, 0.05) is 23.0 Å². The van der Waals surface area contributed by atoms with Gasteiger partial charge in [0.05, 0.1) is 18.1 Å². The molecule has 2 heterocycles. The highest BCUT2D eigenvalue weighted by molar-refractivity contribution is 5.93. The summed E-state index contributed by atoms with van der Waals surface area (Å²) in [5.74, 6) is -0.280. The van der Waals surface area contributed by atoms with E-state index in [1.807, 2.05) is 20.8 Å². The largest absolute Gasteiger partial charge is 0.353 e. The van der Waals surface area contributed by atoms with Gasteiger partial charge in [-0.05, 0) is 45.4 Å². The summed E-state index contributed by atoms with van der Waals surface area (Å²) >= 11 is 0. The third kappa shape index (κ3) is 3.69. The maximum absolute atomic E-state index is 12.3. The lowest BCUT2D eigenvalue weighted by atomic mass is 10.1. The van der Waals surface area contributed by atoms with E-state index in [1.165, 1.54) is 11.8 Å². The minimum atomic E-state index is -0.480. The molecule has 0 aliphatic rings. The van der Waals surface area contributed by atoms with E-state index in [0.29, 0.717) is 12.2 Å². The number of nitrogens with two attached hydrogens (primary N) is 1. The summed E-state index contributed by atoms with van der Waals surface area (Å²) < 4.78 is 0. The Balaban J connectivity index is 1.94. The minimum Gasteiger partial charge on any atom is -0.353 e. The molecule has 0 bridgehead atoms. The average Bonchev–Trinajstić information content (AvgIpc) is 2.89. The smallest absolute Gasteiger partial charge is 0.271 e. The van der Waals surface area contributed by atoms with Gasteiger partial charge in [0.2, 0.25) is 0 Å². The number of nitrogens with zero attached hydrogens (tertiary/aromatic N) is 2. The second kappa shape index (κ2) is 6.29. The summed E-state index contributed by atoms with van der Waals surface area (Å²) in [5.41, 5.74) is 10.5. The van der Waals surface area contributed by atoms with Gasteiger partial charge in [-0.25, -0.2) is 4.98 Å². The predicted octanol–water partition coefficient (Wildman–Crippen LogP) is 2.71. The molecular formula is C19H23N5O. The van der Waals surface area contributed by atoms with Crippen LogP contribution in [-0.4, -0.2) is 32.9 Å². The van der Waals surface area contributed by atoms with Crippen molar-refractivity contribution < 1.29 is 4.79 Å². The van der Waals surface area contributed by atoms with Crippen LogP contribution in [0.4, 0.5) is 0 Å². The molecule has 1 aromatic carbocycles. The topological polar surface area (TPSA) is 96.7 Å². The molecule has 3 rings (SSSR count). The van der Waals surface area contributed by atoms with Crippen LogP contribution in [0.3, 0.4) is 0 Å². The molecule has 6 nitrogen and oxygen atoms in total. The van der Waals surface area contributed by atoms with E-state index >= 15 is 0 Å². The summed E-state index contributed by atoms with van der Waals surface area (Å²) in [4.78, 5) is 24.3. The molecule has 0 atom stereocenters. The molecule has 0 fully saturated rings. The number of aryl methyl sites for hydroxylation is 2. The lowest BCUT2D eigenvalue weighted by Crippen LogP contribution is -2.45. The second-order valence-corrected chi connectivity index (χ2v) is 7.13. The van der Waals surface area contributed by atoms with Crippen molar-refractivity contribution in [1.29, 1.82) is 0 Å². The molecule has 0 radical (unpaired) electrons. The Bertz CT molecular complexity index is 937. The molecule has 0 spiro atoms. The first-order valence-electron chi connectivity index (χ1n) is 8.23. The molecule has 0 aliphatic heterocycles. The van der Waals surface area contributed by atoms with Crippen LogP contribution < -0.4 is 11.1 Å². The molecular weight excluding hydrogens is 314 g/mol. The summed E-state index contributed by atoms with van der Waals surface area (Å²) in [6.45, 7) is 8.17. The molecule has 0 saturated heterocycles. The highest BCUT2D eigenvalue weighted by Gasteiger charge is 2.16. The molecule has 1 amide bonds. The van der Waals surface area contributed by atoms with Crippen LogP contribution >= 0.6 is 0 Å². The van der Waals surface area contributed by atoms with Crippen LogP contribution in [0.2, 0.25) is 0 Å². The lowest BCUT2D eigenvalue weighted by Gasteiger charge is -2.18. The first-order chi connectivity index (χ1) is 11.7. The Morgan fingerprint density at radius 1 is 1.28 bits per heavy atom. The number of aromatic nitrogens is 3. The van der Waals surface area contributed by atoms with Crippen molar-refractivity contribution in [3.63, 3.8) is 0 Å². The monoisotopic (exact) mass is 337 g/mol. The molecule has 2 aromatic heterocycles. The SMILES string of the molecule is Cc1ccc2[nH]c(-c3cncc(C(=O)NCC(C)(C)N)n3)c(C)c2c1. The number of fused-ring (bicyclic) bond motifs is 1. The van der Waals surface area contributed by atoms with Gasteiger partial charge in [-0.15, -0.1) is 0 Å². The van der Waals surface area contributed by atoms with E-state index in [-0.39, 0.29) is 11.6 Å². The number of nitrogens with one attached hydrogen (secondary N) is 2. The zero-order valence-electron chi connectivity index (χ0n) is 15.0. The van der Waals surface area contributed by atoms with Crippen molar-refractivity contribution in [2.24, 2.45) is 5.73 Å². The Labute approximate surface area is 146 Å². The second-order valence-electron chi connectivity index (χ2n) is 7.13. The first-order valence-corrected chi connectivity index (χ1v) is 8.23. The van der Waals surface area contributed by atoms with Gasteiger partial charge in [0.25, 0.3) is 5.91 Å². The lowest BCUT2D eigenvalue weighted by molar-refractivity contribution is 0.0940. The fourth-order valence-electron chi connectivity index (χ4n) is 2.69. The third-order valence-electron chi connectivity index (χ3n) is 4.04. The minimum absolute atomic E-state index is 0.274. The average molecular weight is 337 g/mol. The van der Waals surface area contributed by atoms with E-state index in [1.54, 1.807) is 6.20 Å². The molecule has 25 heavy (non-hydrogen) atoms. The van der Waals surface area contributed by atoms with Crippen LogP contribution in [-0.2, 0) is 0 Å². The van der Waals surface area contributed by atoms with Crippen molar-refractivity contribution in [1.82, 2.24) is 20.3 Å². The number of hydrogen-bond donors (Lipinski definition) is 3. The molecule has 0 unspecified atom stereocenters. The Morgan fingerprint density at radius 2 is 2.04 bits per heavy atom. The fraction of sp³-hybridized carbons (Fsp3) is 0.316. The van der Waals surface area contributed by atoms with Gasteiger partial charge >= 0.3 is 0 Å². The van der Waals surface area contributed by atoms with E-state index in [4.69, 9.17) is 5.73 Å². The Morgan fingerprint density at radius 3 is 2.76 bits per heavy atom. The summed E-state index contributed by atoms with van der Waals surface area (Å²) in [7, 11) is 0. The van der Waals surface area contributed by atoms with Crippen LogP contribution in [0.25, 0.3) is 22.3 Å². The van der Waals surface area contributed by atoms with Gasteiger partial charge in [0.1, 0.15) is 11.4 Å². The summed E-state index contributed by atoms with van der Waals surface area (Å²) in [5, 5.41) is 3.94. The normalized spacial score (nSPS) is 11.7.